The van der Waals surface area contributed by atoms with Gasteiger partial charge in [-0.1, -0.05) is 30.7 Å². The lowest BCUT2D eigenvalue weighted by molar-refractivity contribution is 0.0990. The Kier molecular flexibility index (Phi) is 4.20. The van der Waals surface area contributed by atoms with Crippen molar-refractivity contribution in [3.05, 3.63) is 51.3 Å². The minimum atomic E-state index is 0.120. The van der Waals surface area contributed by atoms with E-state index in [0.29, 0.717) is 6.42 Å². The number of benzene rings is 1. The summed E-state index contributed by atoms with van der Waals surface area (Å²) in [7, 11) is 1.88. The monoisotopic (exact) mass is 320 g/mol. The Morgan fingerprint density at radius 1 is 1.42 bits per heavy atom. The van der Waals surface area contributed by atoms with Crippen LogP contribution in [0.15, 0.2) is 28.7 Å². The predicted molar refractivity (Wildman–Crippen MR) is 79.5 cm³/mol. The van der Waals surface area contributed by atoms with Gasteiger partial charge in [-0.15, -0.1) is 0 Å². The minimum absolute atomic E-state index is 0.120. The van der Waals surface area contributed by atoms with Gasteiger partial charge in [0, 0.05) is 12.6 Å². The zero-order chi connectivity index (χ0) is 14.0. The van der Waals surface area contributed by atoms with Crippen LogP contribution in [-0.2, 0) is 19.9 Å². The fraction of sp³-hybridized carbons (Fsp3) is 0.333. The molecular formula is C15H17BrN2O. The molecule has 0 atom stereocenters. The Bertz CT molecular complexity index is 617. The summed E-state index contributed by atoms with van der Waals surface area (Å²) in [6, 6.07) is 7.69. The first kappa shape index (κ1) is 14.0. The summed E-state index contributed by atoms with van der Waals surface area (Å²) in [5, 5.41) is 4.41. The molecule has 0 spiro atoms. The van der Waals surface area contributed by atoms with E-state index in [1.54, 1.807) is 4.68 Å². The number of aromatic nitrogens is 2. The smallest absolute Gasteiger partial charge is 0.168 e. The van der Waals surface area contributed by atoms with Crippen molar-refractivity contribution in [2.75, 3.05) is 0 Å². The third-order valence-corrected chi connectivity index (χ3v) is 4.09. The second kappa shape index (κ2) is 5.70. The van der Waals surface area contributed by atoms with E-state index in [1.807, 2.05) is 38.2 Å². The maximum atomic E-state index is 12.3. The highest BCUT2D eigenvalue weighted by molar-refractivity contribution is 9.10. The molecule has 0 aliphatic carbocycles. The van der Waals surface area contributed by atoms with Crippen LogP contribution >= 0.6 is 15.9 Å². The molecule has 19 heavy (non-hydrogen) atoms. The average molecular weight is 321 g/mol. The first-order chi connectivity index (χ1) is 9.02. The summed E-state index contributed by atoms with van der Waals surface area (Å²) in [5.41, 5.74) is 3.79. The van der Waals surface area contributed by atoms with E-state index in [0.717, 1.165) is 33.4 Å². The van der Waals surface area contributed by atoms with Crippen molar-refractivity contribution < 1.29 is 4.79 Å². The molecule has 2 rings (SSSR count). The normalized spacial score (nSPS) is 10.7. The fourth-order valence-corrected chi connectivity index (χ4v) is 2.84. The van der Waals surface area contributed by atoms with Crippen molar-refractivity contribution >= 4 is 21.7 Å². The Labute approximate surface area is 121 Å². The maximum absolute atomic E-state index is 12.3. The quantitative estimate of drug-likeness (QED) is 0.808. The van der Waals surface area contributed by atoms with Gasteiger partial charge in [-0.25, -0.2) is 0 Å². The SMILES string of the molecule is CCc1nn(C)c(CC(=O)c2cccc(C)c2)c1Br. The van der Waals surface area contributed by atoms with E-state index < -0.39 is 0 Å². The van der Waals surface area contributed by atoms with E-state index in [4.69, 9.17) is 0 Å². The molecular weight excluding hydrogens is 304 g/mol. The van der Waals surface area contributed by atoms with Crippen LogP contribution in [0.4, 0.5) is 0 Å². The predicted octanol–water partition coefficient (Wildman–Crippen LogP) is 3.48. The van der Waals surface area contributed by atoms with Crippen molar-refractivity contribution in [2.24, 2.45) is 7.05 Å². The number of hydrogen-bond acceptors (Lipinski definition) is 2. The van der Waals surface area contributed by atoms with Gasteiger partial charge in [0.05, 0.1) is 22.3 Å². The summed E-state index contributed by atoms with van der Waals surface area (Å²) >= 11 is 3.54. The zero-order valence-corrected chi connectivity index (χ0v) is 13.0. The van der Waals surface area contributed by atoms with E-state index >= 15 is 0 Å². The van der Waals surface area contributed by atoms with Gasteiger partial charge in [0.1, 0.15) is 0 Å². The largest absolute Gasteiger partial charge is 0.294 e. The highest BCUT2D eigenvalue weighted by Crippen LogP contribution is 2.23. The highest BCUT2D eigenvalue weighted by Gasteiger charge is 2.16. The minimum Gasteiger partial charge on any atom is -0.294 e. The third-order valence-electron chi connectivity index (χ3n) is 3.17. The van der Waals surface area contributed by atoms with Gasteiger partial charge in [0.15, 0.2) is 5.78 Å². The van der Waals surface area contributed by atoms with Gasteiger partial charge >= 0.3 is 0 Å². The summed E-state index contributed by atoms with van der Waals surface area (Å²) in [6.45, 7) is 4.05. The molecule has 0 amide bonds. The molecule has 1 heterocycles. The second-order valence-electron chi connectivity index (χ2n) is 4.65. The molecule has 2 aromatic rings. The number of aryl methyl sites for hydroxylation is 3. The number of ketones is 1. The number of rotatable bonds is 4. The molecule has 1 aromatic heterocycles. The van der Waals surface area contributed by atoms with Gasteiger partial charge < -0.3 is 0 Å². The van der Waals surface area contributed by atoms with E-state index in [-0.39, 0.29) is 5.78 Å². The highest BCUT2D eigenvalue weighted by atomic mass is 79.9. The molecule has 0 bridgehead atoms. The molecule has 100 valence electrons. The second-order valence-corrected chi connectivity index (χ2v) is 5.45. The summed E-state index contributed by atoms with van der Waals surface area (Å²) in [5.74, 6) is 0.120. The van der Waals surface area contributed by atoms with Gasteiger partial charge in [0.25, 0.3) is 0 Å². The topological polar surface area (TPSA) is 34.9 Å². The maximum Gasteiger partial charge on any atom is 0.168 e. The number of carbonyl (C=O) groups excluding carboxylic acids is 1. The number of hydrogen-bond donors (Lipinski definition) is 0. The van der Waals surface area contributed by atoms with Gasteiger partial charge in [-0.3, -0.25) is 9.48 Å². The molecule has 0 saturated heterocycles. The summed E-state index contributed by atoms with van der Waals surface area (Å²) in [6.07, 6.45) is 1.22. The van der Waals surface area contributed by atoms with Gasteiger partial charge in [-0.05, 0) is 35.3 Å². The fourth-order valence-electron chi connectivity index (χ4n) is 2.08. The van der Waals surface area contributed by atoms with Crippen LogP contribution < -0.4 is 0 Å². The molecule has 3 nitrogen and oxygen atoms in total. The lowest BCUT2D eigenvalue weighted by Gasteiger charge is -2.04. The molecule has 0 aliphatic rings. The molecule has 0 radical (unpaired) electrons. The average Bonchev–Trinajstić information content (AvgIpc) is 2.66. The van der Waals surface area contributed by atoms with Crippen LogP contribution in [0.2, 0.25) is 0 Å². The van der Waals surface area contributed by atoms with Crippen molar-refractivity contribution in [3.63, 3.8) is 0 Å². The molecule has 0 aliphatic heterocycles. The Hall–Kier alpha value is -1.42. The molecule has 0 saturated carbocycles. The Morgan fingerprint density at radius 2 is 2.16 bits per heavy atom. The van der Waals surface area contributed by atoms with Crippen LogP contribution in [0.1, 0.15) is 34.2 Å². The summed E-state index contributed by atoms with van der Waals surface area (Å²) in [4.78, 5) is 12.3. The Balaban J connectivity index is 2.27. The van der Waals surface area contributed by atoms with Crippen LogP contribution in [0.25, 0.3) is 0 Å². The zero-order valence-electron chi connectivity index (χ0n) is 11.4. The number of nitrogens with zero attached hydrogens (tertiary/aromatic N) is 2. The van der Waals surface area contributed by atoms with Crippen LogP contribution in [0, 0.1) is 6.92 Å². The number of halogens is 1. The third kappa shape index (κ3) is 2.95. The van der Waals surface area contributed by atoms with Gasteiger partial charge in [-0.2, -0.15) is 5.10 Å². The van der Waals surface area contributed by atoms with Gasteiger partial charge in [0.2, 0.25) is 0 Å². The van der Waals surface area contributed by atoms with Crippen LogP contribution in [-0.4, -0.2) is 15.6 Å². The molecule has 1 aromatic carbocycles. The molecule has 0 N–H and O–H groups in total. The first-order valence-electron chi connectivity index (χ1n) is 6.33. The van der Waals surface area contributed by atoms with E-state index in [1.165, 1.54) is 0 Å². The number of carbonyl (C=O) groups is 1. The van der Waals surface area contributed by atoms with E-state index in [2.05, 4.69) is 28.0 Å². The number of Topliss-reactive ketones (excluding diaryl/α,β-unsaturated/α-hetero) is 1. The van der Waals surface area contributed by atoms with Crippen molar-refractivity contribution in [3.8, 4) is 0 Å². The van der Waals surface area contributed by atoms with Crippen molar-refractivity contribution in [1.82, 2.24) is 9.78 Å². The standard InChI is InChI=1S/C15H17BrN2O/c1-4-12-15(16)13(18(3)17-12)9-14(19)11-7-5-6-10(2)8-11/h5-8H,4,9H2,1-3H3. The molecule has 0 fully saturated rings. The van der Waals surface area contributed by atoms with Crippen LogP contribution in [0.5, 0.6) is 0 Å². The van der Waals surface area contributed by atoms with E-state index in [9.17, 15) is 4.79 Å². The van der Waals surface area contributed by atoms with Crippen molar-refractivity contribution in [2.45, 2.75) is 26.7 Å². The first-order valence-corrected chi connectivity index (χ1v) is 7.12. The van der Waals surface area contributed by atoms with Crippen molar-refractivity contribution in [1.29, 1.82) is 0 Å². The lowest BCUT2D eigenvalue weighted by Crippen LogP contribution is -2.08. The molecule has 0 unspecified atom stereocenters. The van der Waals surface area contributed by atoms with Crippen LogP contribution in [0.3, 0.4) is 0 Å². The summed E-state index contributed by atoms with van der Waals surface area (Å²) < 4.78 is 2.75. The molecule has 4 heteroatoms. The Morgan fingerprint density at radius 3 is 2.74 bits per heavy atom. The lowest BCUT2D eigenvalue weighted by atomic mass is 10.0.